The van der Waals surface area contributed by atoms with Crippen LogP contribution in [0.1, 0.15) is 35.7 Å². The fraction of sp³-hybridized carbons (Fsp3) is 0.562. The van der Waals surface area contributed by atoms with Gasteiger partial charge < -0.3 is 16.0 Å². The highest BCUT2D eigenvalue weighted by molar-refractivity contribution is 5.94. The molecule has 20 heavy (non-hydrogen) atoms. The van der Waals surface area contributed by atoms with Crippen LogP contribution in [0.5, 0.6) is 0 Å². The van der Waals surface area contributed by atoms with Crippen LogP contribution in [-0.2, 0) is 6.42 Å². The summed E-state index contributed by atoms with van der Waals surface area (Å²) in [4.78, 5) is 14.6. The van der Waals surface area contributed by atoms with Crippen molar-refractivity contribution >= 4 is 5.91 Å². The third-order valence-corrected chi connectivity index (χ3v) is 4.19. The van der Waals surface area contributed by atoms with E-state index in [0.29, 0.717) is 12.6 Å². The number of piperidine rings is 1. The SMILES string of the molecule is CC1CC(NC(=O)c2ccc(CCN)cc2)CCN1C. The Bertz CT molecular complexity index is 444. The second kappa shape index (κ2) is 6.86. The number of hydrogen-bond acceptors (Lipinski definition) is 3. The molecule has 0 aliphatic carbocycles. The number of carbonyl (C=O) groups is 1. The summed E-state index contributed by atoms with van der Waals surface area (Å²) in [6.07, 6.45) is 2.90. The lowest BCUT2D eigenvalue weighted by molar-refractivity contribution is 0.0896. The van der Waals surface area contributed by atoms with E-state index in [9.17, 15) is 4.79 Å². The Morgan fingerprint density at radius 1 is 1.40 bits per heavy atom. The summed E-state index contributed by atoms with van der Waals surface area (Å²) in [5.41, 5.74) is 7.43. The zero-order valence-electron chi connectivity index (χ0n) is 12.4. The minimum atomic E-state index is 0.0334. The average Bonchev–Trinajstić information content (AvgIpc) is 2.44. The number of rotatable bonds is 4. The Morgan fingerprint density at radius 3 is 2.70 bits per heavy atom. The van der Waals surface area contributed by atoms with Gasteiger partial charge in [-0.05, 0) is 57.5 Å². The van der Waals surface area contributed by atoms with Gasteiger partial charge in [-0.3, -0.25) is 4.79 Å². The molecule has 0 saturated carbocycles. The molecule has 2 rings (SSSR count). The van der Waals surface area contributed by atoms with Crippen LogP contribution in [0, 0.1) is 0 Å². The molecule has 2 atom stereocenters. The summed E-state index contributed by atoms with van der Waals surface area (Å²) in [7, 11) is 2.14. The first kappa shape index (κ1) is 15.0. The normalized spacial score (nSPS) is 23.6. The zero-order valence-corrected chi connectivity index (χ0v) is 12.4. The first-order valence-electron chi connectivity index (χ1n) is 7.40. The van der Waals surface area contributed by atoms with Gasteiger partial charge in [-0.1, -0.05) is 12.1 Å². The fourth-order valence-corrected chi connectivity index (χ4v) is 2.68. The molecule has 0 bridgehead atoms. The Balaban J connectivity index is 1.91. The summed E-state index contributed by atoms with van der Waals surface area (Å²) in [5.74, 6) is 0.0334. The highest BCUT2D eigenvalue weighted by atomic mass is 16.1. The molecule has 4 heteroatoms. The molecule has 1 fully saturated rings. The van der Waals surface area contributed by atoms with Crippen molar-refractivity contribution in [1.29, 1.82) is 0 Å². The van der Waals surface area contributed by atoms with E-state index in [4.69, 9.17) is 5.73 Å². The number of carbonyl (C=O) groups excluding carboxylic acids is 1. The lowest BCUT2D eigenvalue weighted by Gasteiger charge is -2.35. The maximum Gasteiger partial charge on any atom is 0.251 e. The van der Waals surface area contributed by atoms with Crippen LogP contribution in [0.2, 0.25) is 0 Å². The molecule has 1 heterocycles. The van der Waals surface area contributed by atoms with Crippen molar-refractivity contribution in [2.75, 3.05) is 20.1 Å². The van der Waals surface area contributed by atoms with Crippen molar-refractivity contribution in [1.82, 2.24) is 10.2 Å². The molecule has 3 N–H and O–H groups in total. The Labute approximate surface area is 121 Å². The van der Waals surface area contributed by atoms with Crippen molar-refractivity contribution in [3.05, 3.63) is 35.4 Å². The van der Waals surface area contributed by atoms with Crippen molar-refractivity contribution in [3.8, 4) is 0 Å². The Morgan fingerprint density at radius 2 is 2.10 bits per heavy atom. The van der Waals surface area contributed by atoms with E-state index in [-0.39, 0.29) is 11.9 Å². The number of nitrogens with two attached hydrogens (primary N) is 1. The lowest BCUT2D eigenvalue weighted by atomic mass is 9.98. The van der Waals surface area contributed by atoms with Gasteiger partial charge in [0.05, 0.1) is 0 Å². The van der Waals surface area contributed by atoms with Gasteiger partial charge in [0.25, 0.3) is 5.91 Å². The molecule has 110 valence electrons. The first-order chi connectivity index (χ1) is 9.60. The van der Waals surface area contributed by atoms with Gasteiger partial charge in [0, 0.05) is 24.2 Å². The molecule has 1 amide bonds. The fourth-order valence-electron chi connectivity index (χ4n) is 2.68. The van der Waals surface area contributed by atoms with E-state index < -0.39 is 0 Å². The number of benzene rings is 1. The van der Waals surface area contributed by atoms with E-state index in [1.165, 1.54) is 5.56 Å². The second-order valence-electron chi connectivity index (χ2n) is 5.76. The number of amides is 1. The molecule has 0 spiro atoms. The number of nitrogens with zero attached hydrogens (tertiary/aromatic N) is 1. The van der Waals surface area contributed by atoms with Crippen LogP contribution < -0.4 is 11.1 Å². The standard InChI is InChI=1S/C16H25N3O/c1-12-11-15(8-10-19(12)2)18-16(20)14-5-3-13(4-6-14)7-9-17/h3-6,12,15H,7-11,17H2,1-2H3,(H,18,20). The maximum atomic E-state index is 12.2. The van der Waals surface area contributed by atoms with Crippen LogP contribution in [0.15, 0.2) is 24.3 Å². The minimum absolute atomic E-state index is 0.0334. The van der Waals surface area contributed by atoms with Crippen LogP contribution in [0.4, 0.5) is 0 Å². The molecular formula is C16H25N3O. The smallest absolute Gasteiger partial charge is 0.251 e. The quantitative estimate of drug-likeness (QED) is 0.873. The van der Waals surface area contributed by atoms with Gasteiger partial charge in [-0.15, -0.1) is 0 Å². The highest BCUT2D eigenvalue weighted by Gasteiger charge is 2.24. The Hall–Kier alpha value is -1.39. The monoisotopic (exact) mass is 275 g/mol. The topological polar surface area (TPSA) is 58.4 Å². The van der Waals surface area contributed by atoms with Gasteiger partial charge in [-0.2, -0.15) is 0 Å². The van der Waals surface area contributed by atoms with Gasteiger partial charge in [0.2, 0.25) is 0 Å². The number of hydrogen-bond donors (Lipinski definition) is 2. The molecule has 1 aliphatic rings. The summed E-state index contributed by atoms with van der Waals surface area (Å²) in [5, 5.41) is 3.15. The van der Waals surface area contributed by atoms with E-state index >= 15 is 0 Å². The Kier molecular flexibility index (Phi) is 5.15. The van der Waals surface area contributed by atoms with Gasteiger partial charge in [0.1, 0.15) is 0 Å². The van der Waals surface area contributed by atoms with E-state index in [1.807, 2.05) is 24.3 Å². The predicted molar refractivity (Wildman–Crippen MR) is 81.8 cm³/mol. The molecular weight excluding hydrogens is 250 g/mol. The first-order valence-corrected chi connectivity index (χ1v) is 7.40. The number of nitrogens with one attached hydrogen (secondary N) is 1. The van der Waals surface area contributed by atoms with Crippen molar-refractivity contribution in [2.45, 2.75) is 38.3 Å². The van der Waals surface area contributed by atoms with E-state index in [1.54, 1.807) is 0 Å². The average molecular weight is 275 g/mol. The summed E-state index contributed by atoms with van der Waals surface area (Å²) >= 11 is 0. The zero-order chi connectivity index (χ0) is 14.5. The molecule has 1 aromatic carbocycles. The number of likely N-dealkylation sites (tertiary alicyclic amines) is 1. The van der Waals surface area contributed by atoms with Gasteiger partial charge >= 0.3 is 0 Å². The third kappa shape index (κ3) is 3.81. The highest BCUT2D eigenvalue weighted by Crippen LogP contribution is 2.16. The van der Waals surface area contributed by atoms with Gasteiger partial charge in [0.15, 0.2) is 0 Å². The van der Waals surface area contributed by atoms with Crippen molar-refractivity contribution in [3.63, 3.8) is 0 Å². The minimum Gasteiger partial charge on any atom is -0.349 e. The summed E-state index contributed by atoms with van der Waals surface area (Å²) in [6, 6.07) is 8.56. The molecule has 1 aliphatic heterocycles. The van der Waals surface area contributed by atoms with Crippen LogP contribution in [0.3, 0.4) is 0 Å². The molecule has 4 nitrogen and oxygen atoms in total. The van der Waals surface area contributed by atoms with Crippen LogP contribution >= 0.6 is 0 Å². The molecule has 1 saturated heterocycles. The van der Waals surface area contributed by atoms with E-state index in [2.05, 4.69) is 24.2 Å². The van der Waals surface area contributed by atoms with Crippen molar-refractivity contribution in [2.24, 2.45) is 5.73 Å². The maximum absolute atomic E-state index is 12.2. The lowest BCUT2D eigenvalue weighted by Crippen LogP contribution is -2.47. The molecule has 0 aromatic heterocycles. The summed E-state index contributed by atoms with van der Waals surface area (Å²) < 4.78 is 0. The summed E-state index contributed by atoms with van der Waals surface area (Å²) in [6.45, 7) is 3.89. The van der Waals surface area contributed by atoms with Crippen LogP contribution in [0.25, 0.3) is 0 Å². The molecule has 0 radical (unpaired) electrons. The van der Waals surface area contributed by atoms with E-state index in [0.717, 1.165) is 31.4 Å². The van der Waals surface area contributed by atoms with Crippen LogP contribution in [-0.4, -0.2) is 43.0 Å². The molecule has 1 aromatic rings. The van der Waals surface area contributed by atoms with Gasteiger partial charge in [-0.25, -0.2) is 0 Å². The van der Waals surface area contributed by atoms with Crippen molar-refractivity contribution < 1.29 is 4.79 Å². The molecule has 2 unspecified atom stereocenters. The second-order valence-corrected chi connectivity index (χ2v) is 5.76. The predicted octanol–water partition coefficient (Wildman–Crippen LogP) is 1.40. The largest absolute Gasteiger partial charge is 0.349 e. The third-order valence-electron chi connectivity index (χ3n) is 4.19.